The van der Waals surface area contributed by atoms with E-state index in [0.717, 1.165) is 0 Å². The van der Waals surface area contributed by atoms with Crippen LogP contribution in [0, 0.1) is 11.3 Å². The molecule has 0 aliphatic heterocycles. The van der Waals surface area contributed by atoms with E-state index in [9.17, 15) is 0 Å². The van der Waals surface area contributed by atoms with Crippen LogP contribution in [0.5, 0.6) is 0 Å². The summed E-state index contributed by atoms with van der Waals surface area (Å²) in [6, 6.07) is 4.48. The Morgan fingerprint density at radius 3 is 2.73 bits per heavy atom. The molecule has 0 spiro atoms. The quantitative estimate of drug-likeness (QED) is 0.861. The van der Waals surface area contributed by atoms with Crippen molar-refractivity contribution < 1.29 is 0 Å². The highest BCUT2D eigenvalue weighted by Crippen LogP contribution is 2.48. The summed E-state index contributed by atoms with van der Waals surface area (Å²) in [4.78, 5) is 1.32. The van der Waals surface area contributed by atoms with Crippen molar-refractivity contribution in [2.24, 2.45) is 17.1 Å². The van der Waals surface area contributed by atoms with Crippen LogP contribution in [-0.4, -0.2) is 0 Å². The first-order chi connectivity index (χ1) is 7.00. The first-order valence-electron chi connectivity index (χ1n) is 5.51. The maximum absolute atomic E-state index is 6.38. The molecule has 0 bridgehead atoms. The molecule has 1 aliphatic carbocycles. The van der Waals surface area contributed by atoms with Crippen molar-refractivity contribution in [1.29, 1.82) is 0 Å². The number of thiophene rings is 1. The van der Waals surface area contributed by atoms with E-state index in [2.05, 4.69) is 41.9 Å². The molecule has 2 atom stereocenters. The van der Waals surface area contributed by atoms with Gasteiger partial charge in [0.2, 0.25) is 0 Å². The molecule has 2 rings (SSSR count). The van der Waals surface area contributed by atoms with Crippen LogP contribution in [0.4, 0.5) is 0 Å². The van der Waals surface area contributed by atoms with Gasteiger partial charge in [-0.1, -0.05) is 20.3 Å². The highest BCUT2D eigenvalue weighted by molar-refractivity contribution is 9.11. The van der Waals surface area contributed by atoms with Gasteiger partial charge in [-0.25, -0.2) is 0 Å². The smallest absolute Gasteiger partial charge is 0.0701 e. The van der Waals surface area contributed by atoms with Crippen molar-refractivity contribution in [2.45, 2.75) is 39.2 Å². The Balaban J connectivity index is 2.17. The molecule has 1 heterocycles. The van der Waals surface area contributed by atoms with E-state index in [4.69, 9.17) is 5.73 Å². The summed E-state index contributed by atoms with van der Waals surface area (Å²) in [5.74, 6) is 0.642. The van der Waals surface area contributed by atoms with Crippen LogP contribution < -0.4 is 5.73 Å². The zero-order chi connectivity index (χ0) is 11.1. The van der Waals surface area contributed by atoms with Gasteiger partial charge in [0.05, 0.1) is 3.79 Å². The summed E-state index contributed by atoms with van der Waals surface area (Å²) in [5.41, 5.74) is 6.79. The minimum absolute atomic E-state index is 0.221. The number of halogens is 1. The third-order valence-electron chi connectivity index (χ3n) is 3.70. The van der Waals surface area contributed by atoms with Gasteiger partial charge < -0.3 is 5.73 Å². The van der Waals surface area contributed by atoms with Crippen LogP contribution >= 0.6 is 27.3 Å². The molecule has 84 valence electrons. The molecule has 2 N–H and O–H groups in total. The third kappa shape index (κ3) is 2.29. The predicted molar refractivity (Wildman–Crippen MR) is 70.1 cm³/mol. The fourth-order valence-corrected chi connectivity index (χ4v) is 4.22. The van der Waals surface area contributed by atoms with Crippen LogP contribution in [0.3, 0.4) is 0 Å². The summed E-state index contributed by atoms with van der Waals surface area (Å²) in [5, 5.41) is 0. The van der Waals surface area contributed by atoms with Crippen LogP contribution in [0.2, 0.25) is 0 Å². The molecule has 1 nitrogen and oxygen atoms in total. The lowest BCUT2D eigenvalue weighted by molar-refractivity contribution is 0.224. The summed E-state index contributed by atoms with van der Waals surface area (Å²) < 4.78 is 1.18. The Kier molecular flexibility index (Phi) is 3.25. The van der Waals surface area contributed by atoms with Crippen LogP contribution in [0.25, 0.3) is 0 Å². The van der Waals surface area contributed by atoms with E-state index in [1.165, 1.54) is 27.9 Å². The van der Waals surface area contributed by atoms with Crippen molar-refractivity contribution in [3.63, 3.8) is 0 Å². The molecule has 0 amide bonds. The summed E-state index contributed by atoms with van der Waals surface area (Å²) in [7, 11) is 0. The molecule has 1 aromatic heterocycles. The fourth-order valence-electron chi connectivity index (χ4n) is 2.73. The number of rotatable bonds is 2. The largest absolute Gasteiger partial charge is 0.323 e. The Labute approximate surface area is 104 Å². The van der Waals surface area contributed by atoms with Crippen molar-refractivity contribution >= 4 is 27.3 Å². The third-order valence-corrected chi connectivity index (χ3v) is 5.42. The molecule has 0 saturated heterocycles. The molecule has 15 heavy (non-hydrogen) atoms. The lowest BCUT2D eigenvalue weighted by Crippen LogP contribution is -2.28. The van der Waals surface area contributed by atoms with E-state index in [0.29, 0.717) is 11.3 Å². The molecule has 2 unspecified atom stereocenters. The molecule has 0 aromatic carbocycles. The van der Waals surface area contributed by atoms with Crippen molar-refractivity contribution in [3.05, 3.63) is 20.8 Å². The van der Waals surface area contributed by atoms with Crippen molar-refractivity contribution in [2.75, 3.05) is 0 Å². The van der Waals surface area contributed by atoms with Gasteiger partial charge in [-0.3, -0.25) is 0 Å². The number of hydrogen-bond donors (Lipinski definition) is 1. The van der Waals surface area contributed by atoms with Crippen LogP contribution in [0.15, 0.2) is 15.9 Å². The maximum atomic E-state index is 6.38. The van der Waals surface area contributed by atoms with E-state index in [1.807, 2.05) is 0 Å². The monoisotopic (exact) mass is 287 g/mol. The highest BCUT2D eigenvalue weighted by atomic mass is 79.9. The van der Waals surface area contributed by atoms with E-state index < -0.39 is 0 Å². The second-order valence-electron chi connectivity index (χ2n) is 5.15. The Morgan fingerprint density at radius 2 is 2.27 bits per heavy atom. The SMILES string of the molecule is CC1(C)CCCC1C(N)c1ccc(Br)s1. The van der Waals surface area contributed by atoms with Gasteiger partial charge in [-0.05, 0) is 52.2 Å². The normalized spacial score (nSPS) is 26.8. The van der Waals surface area contributed by atoms with Crippen molar-refractivity contribution in [3.8, 4) is 0 Å². The second-order valence-corrected chi connectivity index (χ2v) is 7.65. The zero-order valence-corrected chi connectivity index (χ0v) is 11.7. The lowest BCUT2D eigenvalue weighted by Gasteiger charge is -2.31. The van der Waals surface area contributed by atoms with Crippen LogP contribution in [-0.2, 0) is 0 Å². The summed E-state index contributed by atoms with van der Waals surface area (Å²) in [6.45, 7) is 4.71. The first kappa shape index (κ1) is 11.6. The summed E-state index contributed by atoms with van der Waals surface area (Å²) in [6.07, 6.45) is 3.93. The van der Waals surface area contributed by atoms with E-state index in [1.54, 1.807) is 11.3 Å². The molecular weight excluding hydrogens is 270 g/mol. The van der Waals surface area contributed by atoms with Crippen LogP contribution in [0.1, 0.15) is 44.0 Å². The van der Waals surface area contributed by atoms with Gasteiger partial charge in [-0.15, -0.1) is 11.3 Å². The molecular formula is C12H18BrNS. The molecule has 0 radical (unpaired) electrons. The molecule has 1 fully saturated rings. The molecule has 1 aromatic rings. The van der Waals surface area contributed by atoms with Gasteiger partial charge in [0.1, 0.15) is 0 Å². The molecule has 1 saturated carbocycles. The van der Waals surface area contributed by atoms with Gasteiger partial charge in [0, 0.05) is 10.9 Å². The minimum atomic E-state index is 0.221. The first-order valence-corrected chi connectivity index (χ1v) is 7.12. The van der Waals surface area contributed by atoms with Gasteiger partial charge >= 0.3 is 0 Å². The maximum Gasteiger partial charge on any atom is 0.0701 e. The molecule has 3 heteroatoms. The second kappa shape index (κ2) is 4.19. The average molecular weight is 288 g/mol. The van der Waals surface area contributed by atoms with Gasteiger partial charge in [0.25, 0.3) is 0 Å². The standard InChI is InChI=1S/C12H18BrNS/c1-12(2)7-3-4-8(12)11(14)9-5-6-10(13)15-9/h5-6,8,11H,3-4,7,14H2,1-2H3. The number of nitrogens with two attached hydrogens (primary N) is 1. The minimum Gasteiger partial charge on any atom is -0.323 e. The predicted octanol–water partition coefficient (Wildman–Crippen LogP) is 4.34. The Hall–Kier alpha value is 0.140. The highest BCUT2D eigenvalue weighted by Gasteiger charge is 2.38. The number of hydrogen-bond acceptors (Lipinski definition) is 2. The average Bonchev–Trinajstić information content (AvgIpc) is 2.70. The zero-order valence-electron chi connectivity index (χ0n) is 9.29. The van der Waals surface area contributed by atoms with Gasteiger partial charge in [-0.2, -0.15) is 0 Å². The topological polar surface area (TPSA) is 26.0 Å². The van der Waals surface area contributed by atoms with E-state index in [-0.39, 0.29) is 6.04 Å². The summed E-state index contributed by atoms with van der Waals surface area (Å²) >= 11 is 5.28. The molecule has 1 aliphatic rings. The Morgan fingerprint density at radius 1 is 1.53 bits per heavy atom. The van der Waals surface area contributed by atoms with E-state index >= 15 is 0 Å². The fraction of sp³-hybridized carbons (Fsp3) is 0.667. The Bertz CT molecular complexity index is 345. The van der Waals surface area contributed by atoms with Gasteiger partial charge in [0.15, 0.2) is 0 Å². The lowest BCUT2D eigenvalue weighted by atomic mass is 9.77. The van der Waals surface area contributed by atoms with Crippen molar-refractivity contribution in [1.82, 2.24) is 0 Å².